The van der Waals surface area contributed by atoms with Crippen molar-refractivity contribution >= 4 is 5.96 Å². The quantitative estimate of drug-likeness (QED) is 0.649. The molecule has 1 aliphatic rings. The van der Waals surface area contributed by atoms with Crippen molar-refractivity contribution in [2.24, 2.45) is 4.99 Å². The number of aliphatic imine (C=N–C) groups is 1. The number of benzene rings is 2. The Kier molecular flexibility index (Phi) is 5.90. The van der Waals surface area contributed by atoms with Gasteiger partial charge >= 0.3 is 0 Å². The minimum Gasteiger partial charge on any atom is -0.457 e. The number of para-hydroxylation sites is 1. The number of ether oxygens (including phenoxy) is 1. The monoisotopic (exact) mass is 339 g/mol. The van der Waals surface area contributed by atoms with Crippen molar-refractivity contribution in [2.75, 3.05) is 19.6 Å². The topological polar surface area (TPSA) is 57.1 Å². The fourth-order valence-electron chi connectivity index (χ4n) is 2.81. The van der Waals surface area contributed by atoms with Crippen LogP contribution in [0.15, 0.2) is 59.6 Å². The fraction of sp³-hybridized carbons (Fsp3) is 0.350. The van der Waals surface area contributed by atoms with Crippen LogP contribution in [0.1, 0.15) is 18.9 Å². The van der Waals surface area contributed by atoms with Gasteiger partial charge in [-0.25, -0.2) is 4.99 Å². The van der Waals surface area contributed by atoms with E-state index in [1.807, 2.05) is 54.6 Å². The third kappa shape index (κ3) is 4.97. The number of β-amino-alcohol motifs (C(OH)–C–C–N with tert-alkyl or cyclic N) is 1. The van der Waals surface area contributed by atoms with Gasteiger partial charge in [-0.05, 0) is 43.2 Å². The lowest BCUT2D eigenvalue weighted by atomic mass is 10.2. The lowest BCUT2D eigenvalue weighted by molar-refractivity contribution is 0.188. The number of aliphatic hydroxyl groups is 1. The molecule has 3 rings (SSSR count). The molecule has 1 saturated heterocycles. The molecule has 1 atom stereocenters. The zero-order chi connectivity index (χ0) is 17.5. The molecule has 0 aliphatic carbocycles. The van der Waals surface area contributed by atoms with Crippen molar-refractivity contribution in [1.82, 2.24) is 10.2 Å². The van der Waals surface area contributed by atoms with Crippen LogP contribution in [0.25, 0.3) is 0 Å². The first-order valence-corrected chi connectivity index (χ1v) is 8.78. The van der Waals surface area contributed by atoms with E-state index in [-0.39, 0.29) is 6.10 Å². The summed E-state index contributed by atoms with van der Waals surface area (Å²) in [6.07, 6.45) is 0.550. The molecule has 0 aromatic heterocycles. The van der Waals surface area contributed by atoms with Gasteiger partial charge < -0.3 is 20.1 Å². The van der Waals surface area contributed by atoms with Crippen LogP contribution in [0.5, 0.6) is 11.5 Å². The van der Waals surface area contributed by atoms with E-state index in [2.05, 4.69) is 17.1 Å². The first-order chi connectivity index (χ1) is 12.2. The molecule has 2 aromatic carbocycles. The maximum Gasteiger partial charge on any atom is 0.194 e. The van der Waals surface area contributed by atoms with Crippen LogP contribution >= 0.6 is 0 Å². The Bertz CT molecular complexity index is 686. The van der Waals surface area contributed by atoms with Gasteiger partial charge in [0.2, 0.25) is 0 Å². The highest BCUT2D eigenvalue weighted by Gasteiger charge is 2.22. The van der Waals surface area contributed by atoms with Gasteiger partial charge in [-0.15, -0.1) is 0 Å². The number of hydrogen-bond acceptors (Lipinski definition) is 3. The molecule has 0 bridgehead atoms. The predicted molar refractivity (Wildman–Crippen MR) is 100.0 cm³/mol. The van der Waals surface area contributed by atoms with E-state index in [0.29, 0.717) is 13.1 Å². The van der Waals surface area contributed by atoms with Crippen molar-refractivity contribution in [3.8, 4) is 11.5 Å². The van der Waals surface area contributed by atoms with Crippen molar-refractivity contribution < 1.29 is 9.84 Å². The molecule has 2 N–H and O–H groups in total. The normalized spacial score (nSPS) is 17.6. The van der Waals surface area contributed by atoms with E-state index >= 15 is 0 Å². The molecule has 5 nitrogen and oxygen atoms in total. The molecule has 5 heteroatoms. The Labute approximate surface area is 149 Å². The summed E-state index contributed by atoms with van der Waals surface area (Å²) in [6, 6.07) is 17.7. The summed E-state index contributed by atoms with van der Waals surface area (Å²) in [5.41, 5.74) is 1.12. The minimum atomic E-state index is -0.252. The van der Waals surface area contributed by atoms with Crippen LogP contribution in [0, 0.1) is 0 Å². The van der Waals surface area contributed by atoms with Gasteiger partial charge in [-0.3, -0.25) is 0 Å². The lowest BCUT2D eigenvalue weighted by Gasteiger charge is -2.20. The highest BCUT2D eigenvalue weighted by Crippen LogP contribution is 2.21. The Morgan fingerprint density at radius 1 is 1.16 bits per heavy atom. The number of rotatable bonds is 5. The Morgan fingerprint density at radius 2 is 1.88 bits per heavy atom. The van der Waals surface area contributed by atoms with E-state index in [4.69, 9.17) is 9.73 Å². The highest BCUT2D eigenvalue weighted by molar-refractivity contribution is 5.80. The number of aliphatic hydroxyl groups excluding tert-OH is 1. The average molecular weight is 339 g/mol. The van der Waals surface area contributed by atoms with E-state index in [9.17, 15) is 5.11 Å². The second-order valence-electron chi connectivity index (χ2n) is 6.12. The van der Waals surface area contributed by atoms with Gasteiger partial charge in [0.05, 0.1) is 12.6 Å². The van der Waals surface area contributed by atoms with Gasteiger partial charge in [0, 0.05) is 19.6 Å². The third-order valence-electron chi connectivity index (χ3n) is 4.11. The van der Waals surface area contributed by atoms with Crippen LogP contribution in [0.4, 0.5) is 0 Å². The van der Waals surface area contributed by atoms with Crippen LogP contribution in [0.3, 0.4) is 0 Å². The molecule has 132 valence electrons. The summed E-state index contributed by atoms with van der Waals surface area (Å²) in [4.78, 5) is 6.81. The number of nitrogens with zero attached hydrogens (tertiary/aromatic N) is 2. The van der Waals surface area contributed by atoms with Crippen molar-refractivity contribution in [3.63, 3.8) is 0 Å². The molecule has 0 amide bonds. The summed E-state index contributed by atoms with van der Waals surface area (Å²) in [7, 11) is 0. The molecule has 0 unspecified atom stereocenters. The second kappa shape index (κ2) is 8.53. The van der Waals surface area contributed by atoms with Crippen LogP contribution < -0.4 is 10.1 Å². The molecule has 1 fully saturated rings. The van der Waals surface area contributed by atoms with Crippen molar-refractivity contribution in [1.29, 1.82) is 0 Å². The SMILES string of the molecule is CCNC(=NCc1ccc(Oc2ccccc2)cc1)N1CC[C@@H](O)C1. The number of nitrogens with one attached hydrogen (secondary N) is 1. The Morgan fingerprint density at radius 3 is 2.52 bits per heavy atom. The molecule has 1 aliphatic heterocycles. The molecular formula is C20H25N3O2. The van der Waals surface area contributed by atoms with E-state index < -0.39 is 0 Å². The standard InChI is InChI=1S/C20H25N3O2/c1-2-21-20(23-13-12-17(24)15-23)22-14-16-8-10-19(11-9-16)25-18-6-4-3-5-7-18/h3-11,17,24H,2,12-15H2,1H3,(H,21,22)/t17-/m1/s1. The molecule has 2 aromatic rings. The molecule has 0 spiro atoms. The maximum atomic E-state index is 9.72. The summed E-state index contributed by atoms with van der Waals surface area (Å²) in [5, 5.41) is 13.0. The number of guanidine groups is 1. The van der Waals surface area contributed by atoms with Gasteiger partial charge in [-0.1, -0.05) is 30.3 Å². The molecular weight excluding hydrogens is 314 g/mol. The minimum absolute atomic E-state index is 0.252. The highest BCUT2D eigenvalue weighted by atomic mass is 16.5. The van der Waals surface area contributed by atoms with Gasteiger partial charge in [-0.2, -0.15) is 0 Å². The van der Waals surface area contributed by atoms with Crippen molar-refractivity contribution in [3.05, 3.63) is 60.2 Å². The molecule has 0 radical (unpaired) electrons. The molecule has 1 heterocycles. The van der Waals surface area contributed by atoms with E-state index in [1.165, 1.54) is 0 Å². The van der Waals surface area contributed by atoms with Crippen LogP contribution in [0.2, 0.25) is 0 Å². The molecule has 0 saturated carbocycles. The molecule has 25 heavy (non-hydrogen) atoms. The van der Waals surface area contributed by atoms with Gasteiger partial charge in [0.1, 0.15) is 11.5 Å². The summed E-state index contributed by atoms with van der Waals surface area (Å²) >= 11 is 0. The summed E-state index contributed by atoms with van der Waals surface area (Å²) in [5.74, 6) is 2.51. The summed E-state index contributed by atoms with van der Waals surface area (Å²) in [6.45, 7) is 4.96. The third-order valence-corrected chi connectivity index (χ3v) is 4.11. The zero-order valence-electron chi connectivity index (χ0n) is 14.6. The van der Waals surface area contributed by atoms with Crippen LogP contribution in [-0.4, -0.2) is 41.7 Å². The average Bonchev–Trinajstić information content (AvgIpc) is 3.07. The number of hydrogen-bond donors (Lipinski definition) is 2. The van der Waals surface area contributed by atoms with Gasteiger partial charge in [0.15, 0.2) is 5.96 Å². The fourth-order valence-corrected chi connectivity index (χ4v) is 2.81. The maximum absolute atomic E-state index is 9.72. The Balaban J connectivity index is 1.61. The van der Waals surface area contributed by atoms with E-state index in [0.717, 1.165) is 42.5 Å². The largest absolute Gasteiger partial charge is 0.457 e. The smallest absolute Gasteiger partial charge is 0.194 e. The predicted octanol–water partition coefficient (Wildman–Crippen LogP) is 3.01. The first-order valence-electron chi connectivity index (χ1n) is 8.78. The second-order valence-corrected chi connectivity index (χ2v) is 6.12. The Hall–Kier alpha value is -2.53. The lowest BCUT2D eigenvalue weighted by Crippen LogP contribution is -2.40. The van der Waals surface area contributed by atoms with Crippen LogP contribution in [-0.2, 0) is 6.54 Å². The first kappa shape index (κ1) is 17.3. The van der Waals surface area contributed by atoms with Gasteiger partial charge in [0.25, 0.3) is 0 Å². The van der Waals surface area contributed by atoms with Crippen molar-refractivity contribution in [2.45, 2.75) is 26.0 Å². The number of likely N-dealkylation sites (tertiary alicyclic amines) is 1. The van der Waals surface area contributed by atoms with E-state index in [1.54, 1.807) is 0 Å². The zero-order valence-corrected chi connectivity index (χ0v) is 14.6. The summed E-state index contributed by atoms with van der Waals surface area (Å²) < 4.78 is 5.81.